The molecule has 1 saturated heterocycles. The summed E-state index contributed by atoms with van der Waals surface area (Å²) in [5, 5.41) is 35.3. The molecule has 3 fully saturated rings. The highest BCUT2D eigenvalue weighted by Gasteiger charge is 2.45. The summed E-state index contributed by atoms with van der Waals surface area (Å²) in [4.78, 5) is 73.1. The van der Waals surface area contributed by atoms with Crippen LogP contribution in [0.5, 0.6) is 0 Å². The Labute approximate surface area is 651 Å². The monoisotopic (exact) mass is 1660 g/mol. The Kier molecular flexibility index (Phi) is 27.3. The number of ether oxygens (including phenoxy) is 4. The quantitative estimate of drug-likeness (QED) is 0.0136. The number of aryl methyl sites for hydroxylation is 1. The van der Waals surface area contributed by atoms with Gasteiger partial charge in [0.15, 0.2) is 17.3 Å². The van der Waals surface area contributed by atoms with Crippen molar-refractivity contribution in [1.82, 2.24) is 42.5 Å². The predicted octanol–water partition coefficient (Wildman–Crippen LogP) is 12.0. The molecule has 2 saturated carbocycles. The fraction of sp³-hybridized carbons (Fsp3) is 0.329. The number of alkyl halides is 1. The van der Waals surface area contributed by atoms with Gasteiger partial charge in [-0.2, -0.15) is 0 Å². The minimum Gasteiger partial charge on any atom is -0.394 e. The van der Waals surface area contributed by atoms with Crippen LogP contribution in [0.3, 0.4) is 0 Å². The van der Waals surface area contributed by atoms with Gasteiger partial charge in [-0.05, 0) is 162 Å². The molecule has 4 N–H and O–H groups in total. The summed E-state index contributed by atoms with van der Waals surface area (Å²) in [6.45, 7) is 2.02. The summed E-state index contributed by atoms with van der Waals surface area (Å²) in [6, 6.07) is 25.4. The van der Waals surface area contributed by atoms with Crippen molar-refractivity contribution >= 4 is 73.5 Å². The van der Waals surface area contributed by atoms with Gasteiger partial charge in [0, 0.05) is 81.8 Å². The van der Waals surface area contributed by atoms with E-state index in [0.29, 0.717) is 80.6 Å². The largest absolute Gasteiger partial charge is 0.394 e. The highest BCUT2D eigenvalue weighted by molar-refractivity contribution is 14.1. The van der Waals surface area contributed by atoms with E-state index in [9.17, 15) is 49.9 Å². The van der Waals surface area contributed by atoms with Crippen molar-refractivity contribution in [2.75, 3.05) is 97.3 Å². The summed E-state index contributed by atoms with van der Waals surface area (Å²) in [5.41, 5.74) is 7.99. The number of carbonyl (C=O) groups excluding carboxylic acids is 4. The Bertz CT molecular complexity index is 5220. The number of halogens is 8. The zero-order valence-corrected chi connectivity index (χ0v) is 63.1. The number of anilines is 1. The Hall–Kier alpha value is -10.0. The van der Waals surface area contributed by atoms with Crippen molar-refractivity contribution in [3.8, 4) is 0 Å². The molecule has 0 unspecified atom stereocenters. The summed E-state index contributed by atoms with van der Waals surface area (Å²) in [5.74, 6) is -3.75. The lowest BCUT2D eigenvalue weighted by molar-refractivity contribution is 0.0654. The predicted molar refractivity (Wildman–Crippen MR) is 407 cm³/mol. The van der Waals surface area contributed by atoms with Gasteiger partial charge in [0.2, 0.25) is 5.78 Å². The van der Waals surface area contributed by atoms with Crippen molar-refractivity contribution in [2.45, 2.75) is 82.7 Å². The van der Waals surface area contributed by atoms with Crippen LogP contribution in [0.1, 0.15) is 148 Å². The number of carbonyl (C=O) groups is 4. The van der Waals surface area contributed by atoms with Gasteiger partial charge in [-0.3, -0.25) is 32.4 Å². The van der Waals surface area contributed by atoms with E-state index < -0.39 is 34.7 Å². The molecule has 30 heteroatoms. The number of pyridine rings is 3. The number of rotatable bonds is 31. The first-order valence-corrected chi connectivity index (χ1v) is 37.4. The second-order valence-corrected chi connectivity index (χ2v) is 28.4. The topological polar surface area (TPSA) is 271 Å². The van der Waals surface area contributed by atoms with E-state index >= 15 is 0 Å². The molecule has 112 heavy (non-hydrogen) atoms. The van der Waals surface area contributed by atoms with Gasteiger partial charge < -0.3 is 48.7 Å². The molecular formula is C82H80F7IN10O12. The van der Waals surface area contributed by atoms with Gasteiger partial charge in [-0.25, -0.2) is 55.7 Å². The van der Waals surface area contributed by atoms with E-state index in [1.807, 2.05) is 40.8 Å². The highest BCUT2D eigenvalue weighted by atomic mass is 127. The fourth-order valence-electron chi connectivity index (χ4n) is 13.2. The molecule has 586 valence electrons. The number of hydrogen-bond donors (Lipinski definition) is 4. The Morgan fingerprint density at radius 2 is 0.920 bits per heavy atom. The van der Waals surface area contributed by atoms with Gasteiger partial charge in [0.25, 0.3) is 0 Å². The lowest BCUT2D eigenvalue weighted by atomic mass is 9.80. The van der Waals surface area contributed by atoms with Gasteiger partial charge in [-0.15, -0.1) is 0 Å². The smallest absolute Gasteiger partial charge is 0.208 e. The standard InChI is InChI=1S/C22H22F2N2O3.C21H21F2N3O3.C21H20F2N2O3.C18H17FIN3O3/c23-18-8-15(14-2-1-3-14)4-5-16(18)9-20-17(22(28)12-29-7-6-27)10-19(24)21-11-25-13-26(20)21;22-17-9-15(25-4-1-5-25)3-2-14(17)8-19-16(21(28)12-29-7-6-27)10-18(23)20-11-24-13-26(19)20;22-18-10-15(21(23)5-6-21)2-1-14(18)9-19-17(20(27)12-28-8-7-26)4-3-16-11-24-13-25(16)19;1-11-16-8-21-10-23(16)15(6-12-2-3-13(20)7-14(12)19)18(22-11)17(25)9-26-5-4-24/h4-5,8,10-11,13-14,27H,1-3,6-7,9,12H2;2-3,9-11,13,27H,1,4-8,12H2;1-4,10-11,13,26H,5-9,12H2;2-3,7-8,10,24H,4-6,9H2,1H3. The molecule has 0 amide bonds. The summed E-state index contributed by atoms with van der Waals surface area (Å²) >= 11 is 2.05. The number of ketones is 4. The van der Waals surface area contributed by atoms with Crippen molar-refractivity contribution in [3.63, 3.8) is 0 Å². The third-order valence-corrected chi connectivity index (χ3v) is 20.4. The summed E-state index contributed by atoms with van der Waals surface area (Å²) in [6.07, 6.45) is 17.9. The summed E-state index contributed by atoms with van der Waals surface area (Å²) < 4.78 is 129. The van der Waals surface area contributed by atoms with E-state index in [4.69, 9.17) is 39.4 Å². The molecule has 12 aromatic rings. The molecule has 2 aliphatic carbocycles. The molecule has 4 aromatic carbocycles. The van der Waals surface area contributed by atoms with Gasteiger partial charge in [0.1, 0.15) is 83.7 Å². The lowest BCUT2D eigenvalue weighted by Crippen LogP contribution is -2.37. The number of aliphatic hydroxyl groups excluding tert-OH is 4. The first-order valence-electron chi connectivity index (χ1n) is 36.3. The van der Waals surface area contributed by atoms with Crippen LogP contribution in [-0.2, 0) is 50.3 Å². The van der Waals surface area contributed by atoms with Crippen molar-refractivity contribution in [3.05, 3.63) is 270 Å². The number of aliphatic hydroxyl groups is 4. The fourth-order valence-corrected chi connectivity index (χ4v) is 13.7. The minimum atomic E-state index is -1.39. The highest BCUT2D eigenvalue weighted by Crippen LogP contribution is 2.50. The first kappa shape index (κ1) is 81.5. The van der Waals surface area contributed by atoms with Crippen LogP contribution in [-0.4, -0.2) is 178 Å². The van der Waals surface area contributed by atoms with Crippen LogP contribution in [0.4, 0.5) is 36.4 Å². The normalized spacial score (nSPS) is 13.6. The molecule has 0 atom stereocenters. The van der Waals surface area contributed by atoms with E-state index in [1.54, 1.807) is 89.3 Å². The molecule has 15 rings (SSSR count). The van der Waals surface area contributed by atoms with E-state index in [0.717, 1.165) is 70.3 Å². The van der Waals surface area contributed by atoms with Crippen LogP contribution in [0.15, 0.2) is 147 Å². The van der Waals surface area contributed by atoms with Crippen LogP contribution in [0.25, 0.3) is 22.1 Å². The average molecular weight is 1660 g/mol. The van der Waals surface area contributed by atoms with E-state index in [2.05, 4.69) is 29.8 Å². The SMILES string of the molecule is Cc1nc(C(=O)COCCO)c(Cc2ccc(I)cc2F)n2cncc12.O=C(COCCO)c1cc(F)c2cncn2c1Cc1ccc(C2CCC2)cc1F.O=C(COCCO)c1cc(F)c2cncn2c1Cc1ccc(N2CCC2)cc1F.O=C(COCCO)c1ccc2cncn2c1Cc1ccc(C2(F)CC2)cc1F. The maximum atomic E-state index is 14.8. The Morgan fingerprint density at radius 1 is 0.473 bits per heavy atom. The molecule has 0 spiro atoms. The molecule has 0 bridgehead atoms. The van der Waals surface area contributed by atoms with Crippen LogP contribution in [0.2, 0.25) is 0 Å². The molecule has 3 aliphatic rings. The molecule has 1 aliphatic heterocycles. The number of nitrogens with zero attached hydrogens (tertiary/aromatic N) is 10. The molecular weight excluding hydrogens is 1580 g/mol. The average Bonchev–Trinajstić information content (AvgIpc) is 1.52. The number of aromatic nitrogens is 9. The molecule has 8 aromatic heterocycles. The van der Waals surface area contributed by atoms with Crippen LogP contribution < -0.4 is 4.90 Å². The zero-order valence-electron chi connectivity index (χ0n) is 61.0. The van der Waals surface area contributed by atoms with E-state index in [1.165, 1.54) is 58.5 Å². The maximum Gasteiger partial charge on any atom is 0.208 e. The zero-order chi connectivity index (χ0) is 79.2. The Morgan fingerprint density at radius 3 is 1.40 bits per heavy atom. The number of hydrogen-bond acceptors (Lipinski definition) is 18. The molecule has 22 nitrogen and oxygen atoms in total. The van der Waals surface area contributed by atoms with Crippen LogP contribution in [0, 0.1) is 45.4 Å². The van der Waals surface area contributed by atoms with Gasteiger partial charge in [-0.1, -0.05) is 42.8 Å². The second-order valence-electron chi connectivity index (χ2n) is 27.1. The Balaban J connectivity index is 0.000000139. The van der Waals surface area contributed by atoms with Crippen molar-refractivity contribution in [2.24, 2.45) is 0 Å². The number of Topliss-reactive ketones (excluding diaryl/α,β-unsaturated/α-hetero) is 4. The lowest BCUT2D eigenvalue weighted by Gasteiger charge is -2.33. The number of imidazole rings is 4. The van der Waals surface area contributed by atoms with Crippen molar-refractivity contribution < 1.29 is 89.3 Å². The second kappa shape index (κ2) is 37.5. The minimum absolute atomic E-state index is 0.00344. The first-order chi connectivity index (χ1) is 54.2. The van der Waals surface area contributed by atoms with Crippen molar-refractivity contribution in [1.29, 1.82) is 0 Å². The van der Waals surface area contributed by atoms with Crippen LogP contribution >= 0.6 is 22.6 Å². The third kappa shape index (κ3) is 19.2. The maximum absolute atomic E-state index is 14.8. The molecule has 0 radical (unpaired) electrons. The van der Waals surface area contributed by atoms with E-state index in [-0.39, 0.29) is 162 Å². The molecule has 9 heterocycles. The van der Waals surface area contributed by atoms with Gasteiger partial charge in [0.05, 0.1) is 125 Å². The number of fused-ring (bicyclic) bond motifs is 4. The third-order valence-electron chi connectivity index (χ3n) is 19.7. The van der Waals surface area contributed by atoms with Gasteiger partial charge >= 0.3 is 0 Å². The summed E-state index contributed by atoms with van der Waals surface area (Å²) in [7, 11) is 0. The number of benzene rings is 4.